The molecular weight excluding hydrogens is 605 g/mol. The summed E-state index contributed by atoms with van der Waals surface area (Å²) in [6.45, 7) is 0.852. The maximum absolute atomic E-state index is 16.1. The van der Waals surface area contributed by atoms with Gasteiger partial charge in [0.2, 0.25) is 0 Å². The van der Waals surface area contributed by atoms with Gasteiger partial charge in [0, 0.05) is 43.0 Å². The fourth-order valence-electron chi connectivity index (χ4n) is 5.39. The van der Waals surface area contributed by atoms with Crippen molar-refractivity contribution in [1.29, 1.82) is 0 Å². The van der Waals surface area contributed by atoms with E-state index in [1.807, 2.05) is 0 Å². The lowest BCUT2D eigenvalue weighted by molar-refractivity contribution is 0.0516. The van der Waals surface area contributed by atoms with Gasteiger partial charge in [0.25, 0.3) is 5.91 Å². The predicted molar refractivity (Wildman–Crippen MR) is 156 cm³/mol. The molecule has 0 unspecified atom stereocenters. The Balaban J connectivity index is 1.34. The van der Waals surface area contributed by atoms with Gasteiger partial charge in [-0.15, -0.1) is 0 Å². The Morgan fingerprint density at radius 3 is 2.42 bits per heavy atom. The van der Waals surface area contributed by atoms with Gasteiger partial charge in [-0.2, -0.15) is 5.10 Å². The molecule has 0 atom stereocenters. The third-order valence-electron chi connectivity index (χ3n) is 7.42. The van der Waals surface area contributed by atoms with E-state index in [1.165, 1.54) is 15.9 Å². The number of aryl methyl sites for hydroxylation is 1. The Bertz CT molecular complexity index is 1750. The number of morpholine rings is 1. The van der Waals surface area contributed by atoms with Crippen molar-refractivity contribution in [3.63, 3.8) is 0 Å². The average Bonchev–Trinajstić information content (AvgIpc) is 3.43. The molecule has 9 nitrogen and oxygen atoms in total. The predicted octanol–water partition coefficient (Wildman–Crippen LogP) is 5.87. The molecule has 0 radical (unpaired) electrons. The molecule has 2 aliphatic rings. The quantitative estimate of drug-likeness (QED) is 0.295. The maximum Gasteiger partial charge on any atom is 0.338 e. The first kappa shape index (κ1) is 28.9. The van der Waals surface area contributed by atoms with Gasteiger partial charge in [0.1, 0.15) is 11.6 Å². The van der Waals surface area contributed by atoms with Crippen molar-refractivity contribution in [3.05, 3.63) is 87.2 Å². The van der Waals surface area contributed by atoms with E-state index >= 15 is 8.78 Å². The highest BCUT2D eigenvalue weighted by atomic mass is 35.5. The average molecular weight is 629 g/mol. The first-order valence-corrected chi connectivity index (χ1v) is 14.0. The fourth-order valence-corrected chi connectivity index (χ4v) is 6.04. The van der Waals surface area contributed by atoms with Crippen LogP contribution in [0.1, 0.15) is 26.3 Å². The zero-order chi connectivity index (χ0) is 30.4. The first-order chi connectivity index (χ1) is 20.6. The number of hydrogen-bond acceptors (Lipinski definition) is 6. The summed E-state index contributed by atoms with van der Waals surface area (Å²) in [5, 5.41) is 14.1. The highest BCUT2D eigenvalue weighted by Gasteiger charge is 2.32. The van der Waals surface area contributed by atoms with E-state index in [0.717, 1.165) is 11.6 Å². The van der Waals surface area contributed by atoms with Gasteiger partial charge in [0.15, 0.2) is 12.5 Å². The number of carboxylic acid groups (broad SMARTS) is 1. The van der Waals surface area contributed by atoms with Crippen LogP contribution < -0.4 is 9.64 Å². The molecule has 4 aromatic rings. The van der Waals surface area contributed by atoms with Gasteiger partial charge >= 0.3 is 5.97 Å². The number of halogens is 4. The normalized spacial score (nSPS) is 14.8. The van der Waals surface area contributed by atoms with Crippen LogP contribution in [0.5, 0.6) is 5.75 Å². The summed E-state index contributed by atoms with van der Waals surface area (Å²) in [7, 11) is 1.78. The van der Waals surface area contributed by atoms with Gasteiger partial charge in [0.05, 0.1) is 58.4 Å². The number of nitrogens with zero attached hydrogens (tertiary/aromatic N) is 4. The third-order valence-corrected chi connectivity index (χ3v) is 8.02. The summed E-state index contributed by atoms with van der Waals surface area (Å²) in [5.74, 6) is -3.81. The van der Waals surface area contributed by atoms with E-state index in [-0.39, 0.29) is 72.2 Å². The molecule has 43 heavy (non-hydrogen) atoms. The minimum absolute atomic E-state index is 0.0474. The van der Waals surface area contributed by atoms with E-state index in [9.17, 15) is 14.7 Å². The zero-order valence-electron chi connectivity index (χ0n) is 22.7. The lowest BCUT2D eigenvalue weighted by Crippen LogP contribution is -2.38. The van der Waals surface area contributed by atoms with Crippen LogP contribution in [-0.4, -0.2) is 64.7 Å². The molecular formula is C30H24Cl2F2N4O5. The number of carbonyl (C=O) groups is 2. The number of carbonyl (C=O) groups excluding carboxylic acids is 1. The minimum atomic E-state index is -1.45. The SMILES string of the molecule is Cn1cc(-c2cc(Cl)c(C(=O)N3COc4c(cccc4-c4c(F)cc(C(=O)O)c(N5CCOCC5)c4F)C3)c(Cl)c2)cn1. The van der Waals surface area contributed by atoms with Gasteiger partial charge in [-0.3, -0.25) is 9.48 Å². The van der Waals surface area contributed by atoms with Crippen molar-refractivity contribution in [2.75, 3.05) is 37.9 Å². The van der Waals surface area contributed by atoms with E-state index in [0.29, 0.717) is 11.1 Å². The molecule has 1 fully saturated rings. The fraction of sp³-hybridized carbons (Fsp3) is 0.233. The molecule has 0 saturated carbocycles. The Labute approximate surface area is 254 Å². The van der Waals surface area contributed by atoms with Crippen LogP contribution in [0.3, 0.4) is 0 Å². The molecule has 222 valence electrons. The van der Waals surface area contributed by atoms with Crippen LogP contribution in [0.2, 0.25) is 10.0 Å². The molecule has 1 amide bonds. The molecule has 1 saturated heterocycles. The van der Waals surface area contributed by atoms with E-state index in [2.05, 4.69) is 5.10 Å². The van der Waals surface area contributed by atoms with Crippen molar-refractivity contribution in [2.45, 2.75) is 6.54 Å². The number of para-hydroxylation sites is 1. The van der Waals surface area contributed by atoms with E-state index in [1.54, 1.807) is 48.4 Å². The maximum atomic E-state index is 16.1. The number of amides is 1. The summed E-state index contributed by atoms with van der Waals surface area (Å²) >= 11 is 13.0. The second kappa shape index (κ2) is 11.5. The van der Waals surface area contributed by atoms with Crippen molar-refractivity contribution >= 4 is 40.8 Å². The van der Waals surface area contributed by atoms with Gasteiger partial charge < -0.3 is 24.4 Å². The number of aromatic nitrogens is 2. The van der Waals surface area contributed by atoms with Gasteiger partial charge in [-0.25, -0.2) is 13.6 Å². The van der Waals surface area contributed by atoms with Crippen LogP contribution in [0.25, 0.3) is 22.3 Å². The Hall–Kier alpha value is -4.19. The molecule has 6 rings (SSSR count). The number of benzene rings is 3. The highest BCUT2D eigenvalue weighted by Crippen LogP contribution is 2.43. The number of ether oxygens (including phenoxy) is 2. The summed E-state index contributed by atoms with van der Waals surface area (Å²) in [4.78, 5) is 28.4. The lowest BCUT2D eigenvalue weighted by Gasteiger charge is -2.32. The van der Waals surface area contributed by atoms with Crippen LogP contribution in [-0.2, 0) is 18.3 Å². The van der Waals surface area contributed by atoms with Crippen molar-refractivity contribution in [3.8, 4) is 28.0 Å². The summed E-state index contributed by atoms with van der Waals surface area (Å²) in [6.07, 6.45) is 3.45. The molecule has 2 aliphatic heterocycles. The second-order valence-electron chi connectivity index (χ2n) is 10.1. The molecule has 13 heteroatoms. The van der Waals surface area contributed by atoms with Crippen LogP contribution in [0.15, 0.2) is 48.8 Å². The van der Waals surface area contributed by atoms with E-state index in [4.69, 9.17) is 32.7 Å². The standard InChI is InChI=1S/C30H24Cl2F2N4O5/c1-36-13-18(12-35-36)17-9-21(31)25(22(32)10-17)29(39)38-14-16-3-2-4-19(28(16)43-15-38)24-23(33)11-20(30(40)41)27(26(24)34)37-5-7-42-8-6-37/h2-4,9-13H,5-8,14-15H2,1H3,(H,40,41). The second-order valence-corrected chi connectivity index (χ2v) is 11.0. The molecule has 1 aromatic heterocycles. The molecule has 3 aromatic carbocycles. The minimum Gasteiger partial charge on any atom is -0.478 e. The van der Waals surface area contributed by atoms with Crippen LogP contribution >= 0.6 is 23.2 Å². The lowest BCUT2D eigenvalue weighted by atomic mass is 9.96. The van der Waals surface area contributed by atoms with E-state index < -0.39 is 34.6 Å². The topological polar surface area (TPSA) is 97.1 Å². The Kier molecular flexibility index (Phi) is 7.72. The smallest absolute Gasteiger partial charge is 0.338 e. The summed E-state index contributed by atoms with van der Waals surface area (Å²) in [6, 6.07) is 8.85. The largest absolute Gasteiger partial charge is 0.478 e. The monoisotopic (exact) mass is 628 g/mol. The Morgan fingerprint density at radius 2 is 1.77 bits per heavy atom. The zero-order valence-corrected chi connectivity index (χ0v) is 24.3. The Morgan fingerprint density at radius 1 is 1.05 bits per heavy atom. The van der Waals surface area contributed by atoms with Crippen LogP contribution in [0.4, 0.5) is 14.5 Å². The molecule has 0 aliphatic carbocycles. The number of rotatable bonds is 5. The summed E-state index contributed by atoms with van der Waals surface area (Å²) < 4.78 is 44.5. The van der Waals surface area contributed by atoms with Gasteiger partial charge in [-0.05, 0) is 23.8 Å². The van der Waals surface area contributed by atoms with Crippen molar-refractivity contribution in [1.82, 2.24) is 14.7 Å². The number of aromatic carboxylic acids is 1. The molecule has 3 heterocycles. The number of fused-ring (bicyclic) bond motifs is 1. The van der Waals surface area contributed by atoms with Crippen LogP contribution in [0, 0.1) is 11.6 Å². The highest BCUT2D eigenvalue weighted by molar-refractivity contribution is 6.40. The molecule has 0 bridgehead atoms. The molecule has 1 N–H and O–H groups in total. The van der Waals surface area contributed by atoms with Crippen molar-refractivity contribution < 1.29 is 33.0 Å². The summed E-state index contributed by atoms with van der Waals surface area (Å²) in [5.41, 5.74) is 1.05. The first-order valence-electron chi connectivity index (χ1n) is 13.2. The number of anilines is 1. The van der Waals surface area contributed by atoms with Crippen molar-refractivity contribution in [2.24, 2.45) is 7.05 Å². The molecule has 0 spiro atoms. The number of carboxylic acids is 1. The van der Waals surface area contributed by atoms with Gasteiger partial charge in [-0.1, -0.05) is 41.4 Å². The number of hydrogen-bond donors (Lipinski definition) is 1. The third kappa shape index (κ3) is 5.28.